The van der Waals surface area contributed by atoms with E-state index in [2.05, 4.69) is 24.4 Å². The van der Waals surface area contributed by atoms with Crippen molar-refractivity contribution in [1.82, 2.24) is 0 Å². The van der Waals surface area contributed by atoms with Crippen LogP contribution in [0.1, 0.15) is 27.7 Å². The first-order chi connectivity index (χ1) is 6.25. The molecule has 0 radical (unpaired) electrons. The van der Waals surface area contributed by atoms with Crippen LogP contribution in [0, 0.1) is 0 Å². The first-order valence-electron chi connectivity index (χ1n) is 4.17. The first-order valence-corrected chi connectivity index (χ1v) is 4.99. The van der Waals surface area contributed by atoms with Crippen LogP contribution >= 0.6 is 24.4 Å². The summed E-state index contributed by atoms with van der Waals surface area (Å²) in [6.07, 6.45) is 0.218. The first kappa shape index (κ1) is 20.4. The van der Waals surface area contributed by atoms with E-state index in [9.17, 15) is 0 Å². The van der Waals surface area contributed by atoms with E-state index >= 15 is 0 Å². The number of rotatable bonds is 2. The van der Waals surface area contributed by atoms with E-state index in [1.54, 1.807) is 0 Å². The van der Waals surface area contributed by atoms with Crippen molar-refractivity contribution in [3.63, 3.8) is 0 Å². The van der Waals surface area contributed by atoms with Gasteiger partial charge >= 0.3 is 0 Å². The van der Waals surface area contributed by atoms with Gasteiger partial charge in [-0.25, -0.2) is 0 Å². The topological polar surface area (TPSA) is 70.5 Å². The molecular formula is C8H18N2O2S2Zn. The Kier molecular flexibility index (Phi) is 16.4. The van der Waals surface area contributed by atoms with Crippen molar-refractivity contribution in [2.24, 2.45) is 11.5 Å². The normalized spacial score (nSPS) is 8.40. The Balaban J connectivity index is -0.000000180. The van der Waals surface area contributed by atoms with Crippen LogP contribution in [0.15, 0.2) is 0 Å². The fourth-order valence-corrected chi connectivity index (χ4v) is 0.850. The molecule has 4 nitrogen and oxygen atoms in total. The van der Waals surface area contributed by atoms with E-state index in [1.165, 1.54) is 0 Å². The molecule has 0 spiro atoms. The molecule has 0 amide bonds. The molecule has 15 heavy (non-hydrogen) atoms. The van der Waals surface area contributed by atoms with Crippen LogP contribution in [0.4, 0.5) is 0 Å². The Hall–Kier alpha value is 0.00338. The Bertz CT molecular complexity index is 169. The standard InChI is InChI=1S/2C4H9NOS.Zn/c2*1-3(2)6-4(5)7;/h2*3H,1-2H3,(H2,5,7);. The third kappa shape index (κ3) is 31.5. The van der Waals surface area contributed by atoms with Crippen molar-refractivity contribution in [2.75, 3.05) is 0 Å². The molecule has 0 saturated heterocycles. The van der Waals surface area contributed by atoms with Gasteiger partial charge < -0.3 is 20.9 Å². The molecule has 0 aromatic rings. The minimum Gasteiger partial charge on any atom is -0.468 e. The van der Waals surface area contributed by atoms with Gasteiger partial charge in [-0.2, -0.15) is 0 Å². The third-order valence-corrected chi connectivity index (χ3v) is 0.896. The summed E-state index contributed by atoms with van der Waals surface area (Å²) >= 11 is 8.85. The van der Waals surface area contributed by atoms with Gasteiger partial charge in [0.1, 0.15) is 0 Å². The maximum atomic E-state index is 5.00. The van der Waals surface area contributed by atoms with Crippen molar-refractivity contribution >= 4 is 34.8 Å². The minimum atomic E-state index is 0. The summed E-state index contributed by atoms with van der Waals surface area (Å²) in [7, 11) is 0. The Morgan fingerprint density at radius 3 is 1.07 bits per heavy atom. The summed E-state index contributed by atoms with van der Waals surface area (Å²) in [5.41, 5.74) is 10.0. The van der Waals surface area contributed by atoms with Crippen LogP contribution in [-0.2, 0) is 29.0 Å². The Labute approximate surface area is 115 Å². The molecule has 86 valence electrons. The molecule has 0 aliphatic rings. The van der Waals surface area contributed by atoms with Gasteiger partial charge in [0.05, 0.1) is 12.2 Å². The number of hydrogen-bond donors (Lipinski definition) is 2. The van der Waals surface area contributed by atoms with E-state index in [1.807, 2.05) is 27.7 Å². The maximum Gasteiger partial charge on any atom is 0.254 e. The zero-order valence-corrected chi connectivity index (χ0v) is 14.2. The van der Waals surface area contributed by atoms with Crippen LogP contribution in [-0.4, -0.2) is 22.6 Å². The molecule has 7 heteroatoms. The molecular weight excluding hydrogens is 286 g/mol. The maximum absolute atomic E-state index is 5.00. The summed E-state index contributed by atoms with van der Waals surface area (Å²) in [6.45, 7) is 7.50. The molecule has 0 unspecified atom stereocenters. The van der Waals surface area contributed by atoms with Crippen LogP contribution in [0.5, 0.6) is 0 Å². The van der Waals surface area contributed by atoms with Crippen molar-refractivity contribution in [2.45, 2.75) is 39.9 Å². The van der Waals surface area contributed by atoms with Crippen LogP contribution in [0.2, 0.25) is 0 Å². The molecule has 0 saturated carbocycles. The number of nitrogens with two attached hydrogens (primary N) is 2. The molecule has 4 N–H and O–H groups in total. The predicted octanol–water partition coefficient (Wildman–Crippen LogP) is 1.31. The zero-order chi connectivity index (χ0) is 11.7. The second-order valence-corrected chi connectivity index (χ2v) is 3.78. The van der Waals surface area contributed by atoms with E-state index in [4.69, 9.17) is 20.9 Å². The number of hydrogen-bond acceptors (Lipinski definition) is 4. The molecule has 0 aromatic heterocycles. The summed E-state index contributed by atoms with van der Waals surface area (Å²) in [5, 5.41) is 0.241. The van der Waals surface area contributed by atoms with Crippen LogP contribution < -0.4 is 11.5 Å². The summed E-state index contributed by atoms with van der Waals surface area (Å²) in [6, 6.07) is 0. The number of ether oxygens (including phenoxy) is 2. The van der Waals surface area contributed by atoms with Crippen molar-refractivity contribution in [3.8, 4) is 0 Å². The van der Waals surface area contributed by atoms with Crippen molar-refractivity contribution in [1.29, 1.82) is 0 Å². The zero-order valence-electron chi connectivity index (χ0n) is 9.65. The van der Waals surface area contributed by atoms with Gasteiger partial charge in [0.15, 0.2) is 0 Å². The average molecular weight is 304 g/mol. The molecule has 0 bridgehead atoms. The fourth-order valence-electron chi connectivity index (χ4n) is 0.465. The third-order valence-electron chi connectivity index (χ3n) is 0.704. The second kappa shape index (κ2) is 12.1. The van der Waals surface area contributed by atoms with Gasteiger partial charge in [-0.05, 0) is 52.1 Å². The quantitative estimate of drug-likeness (QED) is 0.592. The molecule has 0 aromatic carbocycles. The summed E-state index contributed by atoms with van der Waals surface area (Å²) in [5.74, 6) is 0. The van der Waals surface area contributed by atoms with Crippen molar-refractivity contribution < 1.29 is 29.0 Å². The molecule has 0 fully saturated rings. The van der Waals surface area contributed by atoms with Gasteiger partial charge in [-0.15, -0.1) is 0 Å². The SMILES string of the molecule is CC(C)OC(N)=S.CC(C)OC(N)=S.[Zn]. The Morgan fingerprint density at radius 2 is 1.07 bits per heavy atom. The summed E-state index contributed by atoms with van der Waals surface area (Å²) < 4.78 is 9.52. The number of thiocarbonyl (C=S) groups is 2. The van der Waals surface area contributed by atoms with Gasteiger partial charge in [0.25, 0.3) is 10.3 Å². The molecule has 0 atom stereocenters. The van der Waals surface area contributed by atoms with Gasteiger partial charge in [-0.1, -0.05) is 0 Å². The monoisotopic (exact) mass is 302 g/mol. The molecule has 0 heterocycles. The van der Waals surface area contributed by atoms with E-state index < -0.39 is 0 Å². The van der Waals surface area contributed by atoms with Gasteiger partial charge in [0.2, 0.25) is 0 Å². The minimum absolute atomic E-state index is 0. The van der Waals surface area contributed by atoms with E-state index in [0.717, 1.165) is 0 Å². The van der Waals surface area contributed by atoms with E-state index in [-0.39, 0.29) is 42.0 Å². The van der Waals surface area contributed by atoms with E-state index in [0.29, 0.717) is 0 Å². The second-order valence-electron chi connectivity index (χ2n) is 2.97. The van der Waals surface area contributed by atoms with Crippen LogP contribution in [0.3, 0.4) is 0 Å². The van der Waals surface area contributed by atoms with Crippen molar-refractivity contribution in [3.05, 3.63) is 0 Å². The Morgan fingerprint density at radius 1 is 0.867 bits per heavy atom. The largest absolute Gasteiger partial charge is 0.468 e. The fraction of sp³-hybridized carbons (Fsp3) is 0.750. The molecule has 0 aliphatic heterocycles. The van der Waals surface area contributed by atoms with Crippen LogP contribution in [0.25, 0.3) is 0 Å². The van der Waals surface area contributed by atoms with Gasteiger partial charge in [0, 0.05) is 19.5 Å². The smallest absolute Gasteiger partial charge is 0.254 e. The average Bonchev–Trinajstić information content (AvgIpc) is 1.79. The molecule has 0 aliphatic carbocycles. The predicted molar refractivity (Wildman–Crippen MR) is 66.0 cm³/mol. The summed E-state index contributed by atoms with van der Waals surface area (Å²) in [4.78, 5) is 0. The molecule has 0 rings (SSSR count). The van der Waals surface area contributed by atoms with Gasteiger partial charge in [-0.3, -0.25) is 0 Å².